The summed E-state index contributed by atoms with van der Waals surface area (Å²) in [5.41, 5.74) is 7.48. The van der Waals surface area contributed by atoms with Gasteiger partial charge in [-0.1, -0.05) is 30.3 Å². The Morgan fingerprint density at radius 2 is 1.76 bits per heavy atom. The SMILES string of the molecule is N[C@H]1CN(c2ncc(OCC3CCN(C(=O)OCc4ccccc4)CC3)cn2)C[C@@H]1c1cc(F)ccc1F. The van der Waals surface area contributed by atoms with E-state index in [0.29, 0.717) is 50.4 Å². The monoisotopic (exact) mass is 523 g/mol. The number of piperidine rings is 1. The molecule has 2 aromatic carbocycles. The Morgan fingerprint density at radius 1 is 1.03 bits per heavy atom. The molecule has 0 bridgehead atoms. The normalized spacial score (nSPS) is 20.0. The molecule has 0 radical (unpaired) electrons. The molecule has 1 aromatic heterocycles. The van der Waals surface area contributed by atoms with Gasteiger partial charge in [-0.25, -0.2) is 23.5 Å². The number of rotatable bonds is 7. The second-order valence-corrected chi connectivity index (χ2v) is 9.84. The van der Waals surface area contributed by atoms with E-state index >= 15 is 0 Å². The molecule has 1 amide bonds. The first kappa shape index (κ1) is 25.8. The van der Waals surface area contributed by atoms with Crippen LogP contribution in [-0.2, 0) is 11.3 Å². The second-order valence-electron chi connectivity index (χ2n) is 9.84. The molecule has 10 heteroatoms. The van der Waals surface area contributed by atoms with E-state index in [1.165, 1.54) is 6.07 Å². The summed E-state index contributed by atoms with van der Waals surface area (Å²) in [7, 11) is 0. The fourth-order valence-electron chi connectivity index (χ4n) is 4.97. The van der Waals surface area contributed by atoms with Crippen LogP contribution in [0.25, 0.3) is 0 Å². The van der Waals surface area contributed by atoms with Gasteiger partial charge in [0.25, 0.3) is 0 Å². The highest BCUT2D eigenvalue weighted by atomic mass is 19.1. The Hall–Kier alpha value is -3.79. The molecule has 2 atom stereocenters. The molecule has 3 aromatic rings. The lowest BCUT2D eigenvalue weighted by atomic mass is 9.94. The maximum absolute atomic E-state index is 14.3. The third kappa shape index (κ3) is 6.19. The van der Waals surface area contributed by atoms with Crippen LogP contribution >= 0.6 is 0 Å². The third-order valence-corrected chi connectivity index (χ3v) is 7.18. The van der Waals surface area contributed by atoms with Gasteiger partial charge in [-0.2, -0.15) is 0 Å². The molecule has 2 aliphatic rings. The molecule has 38 heavy (non-hydrogen) atoms. The van der Waals surface area contributed by atoms with Crippen LogP contribution in [-0.4, -0.2) is 59.8 Å². The predicted molar refractivity (Wildman–Crippen MR) is 138 cm³/mol. The minimum atomic E-state index is -0.488. The highest BCUT2D eigenvalue weighted by Crippen LogP contribution is 2.31. The van der Waals surface area contributed by atoms with Gasteiger partial charge >= 0.3 is 6.09 Å². The Bertz CT molecular complexity index is 1220. The summed E-state index contributed by atoms with van der Waals surface area (Å²) in [6.45, 7) is 2.86. The molecule has 200 valence electrons. The van der Waals surface area contributed by atoms with Gasteiger partial charge in [-0.3, -0.25) is 0 Å². The van der Waals surface area contributed by atoms with Crippen LogP contribution in [0.15, 0.2) is 60.9 Å². The Kier molecular flexibility index (Phi) is 7.97. The lowest BCUT2D eigenvalue weighted by Gasteiger charge is -2.31. The van der Waals surface area contributed by atoms with Crippen molar-refractivity contribution in [1.29, 1.82) is 0 Å². The van der Waals surface area contributed by atoms with Gasteiger partial charge in [0.15, 0.2) is 5.75 Å². The number of amides is 1. The van der Waals surface area contributed by atoms with E-state index in [1.807, 2.05) is 35.2 Å². The van der Waals surface area contributed by atoms with Crippen molar-refractivity contribution in [1.82, 2.24) is 14.9 Å². The van der Waals surface area contributed by atoms with Crippen molar-refractivity contribution in [3.63, 3.8) is 0 Å². The van der Waals surface area contributed by atoms with Gasteiger partial charge < -0.3 is 25.0 Å². The Labute approximate surface area is 220 Å². The number of halogens is 2. The van der Waals surface area contributed by atoms with E-state index < -0.39 is 11.6 Å². The first-order chi connectivity index (χ1) is 18.5. The number of hydrogen-bond donors (Lipinski definition) is 1. The van der Waals surface area contributed by atoms with E-state index in [1.54, 1.807) is 17.3 Å². The van der Waals surface area contributed by atoms with Crippen LogP contribution in [0.4, 0.5) is 19.5 Å². The Balaban J connectivity index is 1.06. The molecule has 3 heterocycles. The largest absolute Gasteiger partial charge is 0.490 e. The van der Waals surface area contributed by atoms with Gasteiger partial charge in [0.2, 0.25) is 5.95 Å². The number of nitrogens with zero attached hydrogens (tertiary/aromatic N) is 4. The van der Waals surface area contributed by atoms with Crippen LogP contribution < -0.4 is 15.4 Å². The summed E-state index contributed by atoms with van der Waals surface area (Å²) in [6, 6.07) is 12.7. The van der Waals surface area contributed by atoms with Gasteiger partial charge in [-0.15, -0.1) is 0 Å². The van der Waals surface area contributed by atoms with E-state index in [2.05, 4.69) is 9.97 Å². The lowest BCUT2D eigenvalue weighted by Crippen LogP contribution is -2.40. The predicted octanol–water partition coefficient (Wildman–Crippen LogP) is 4.11. The number of nitrogens with two attached hydrogens (primary N) is 1. The van der Waals surface area contributed by atoms with Crippen molar-refractivity contribution in [2.75, 3.05) is 37.7 Å². The maximum Gasteiger partial charge on any atom is 0.410 e. The lowest BCUT2D eigenvalue weighted by molar-refractivity contribution is 0.0760. The molecule has 8 nitrogen and oxygen atoms in total. The van der Waals surface area contributed by atoms with Crippen molar-refractivity contribution in [2.24, 2.45) is 11.7 Å². The number of likely N-dealkylation sites (tertiary alicyclic amines) is 1. The van der Waals surface area contributed by atoms with Crippen LogP contribution in [0.1, 0.15) is 29.9 Å². The fourth-order valence-corrected chi connectivity index (χ4v) is 4.97. The molecule has 2 aliphatic heterocycles. The van der Waals surface area contributed by atoms with Crippen molar-refractivity contribution < 1.29 is 23.0 Å². The summed E-state index contributed by atoms with van der Waals surface area (Å²) in [5.74, 6) is 0.0221. The molecule has 0 saturated carbocycles. The standard InChI is InChI=1S/C28H31F2N5O3/c29-21-6-7-25(30)23(12-21)24-15-35(16-26(24)31)27-32-13-22(14-33-27)37-17-20-8-10-34(11-9-20)28(36)38-18-19-4-2-1-3-5-19/h1-7,12-14,20,24,26H,8-11,15-18,31H2/t24-,26+/m1/s1. The van der Waals surface area contributed by atoms with Crippen LogP contribution in [0, 0.1) is 17.6 Å². The van der Waals surface area contributed by atoms with Crippen molar-refractivity contribution in [3.8, 4) is 5.75 Å². The number of carbonyl (C=O) groups is 1. The van der Waals surface area contributed by atoms with E-state index in [9.17, 15) is 13.6 Å². The van der Waals surface area contributed by atoms with Crippen molar-refractivity contribution in [3.05, 3.63) is 83.7 Å². The van der Waals surface area contributed by atoms with Crippen LogP contribution in [0.3, 0.4) is 0 Å². The Morgan fingerprint density at radius 3 is 2.50 bits per heavy atom. The maximum atomic E-state index is 14.3. The highest BCUT2D eigenvalue weighted by Gasteiger charge is 2.34. The summed E-state index contributed by atoms with van der Waals surface area (Å²) >= 11 is 0. The molecule has 0 spiro atoms. The summed E-state index contributed by atoms with van der Waals surface area (Å²) in [5, 5.41) is 0. The zero-order chi connectivity index (χ0) is 26.5. The van der Waals surface area contributed by atoms with E-state index in [-0.39, 0.29) is 30.2 Å². The quantitative estimate of drug-likeness (QED) is 0.498. The molecule has 2 fully saturated rings. The number of hydrogen-bond acceptors (Lipinski definition) is 7. The molecule has 0 aliphatic carbocycles. The minimum absolute atomic E-state index is 0.268. The van der Waals surface area contributed by atoms with Gasteiger partial charge in [0, 0.05) is 38.1 Å². The molecular weight excluding hydrogens is 492 g/mol. The molecule has 0 unspecified atom stereocenters. The van der Waals surface area contributed by atoms with Gasteiger partial charge in [-0.05, 0) is 48.1 Å². The summed E-state index contributed by atoms with van der Waals surface area (Å²) < 4.78 is 39.3. The number of anilines is 1. The fraction of sp³-hybridized carbons (Fsp3) is 0.393. The number of carbonyl (C=O) groups excluding carboxylic acids is 1. The number of benzene rings is 2. The molecule has 5 rings (SSSR count). The van der Waals surface area contributed by atoms with Gasteiger partial charge in [0.05, 0.1) is 19.0 Å². The summed E-state index contributed by atoms with van der Waals surface area (Å²) in [4.78, 5) is 24.8. The molecule has 2 N–H and O–H groups in total. The van der Waals surface area contributed by atoms with Crippen molar-refractivity contribution in [2.45, 2.75) is 31.4 Å². The van der Waals surface area contributed by atoms with Gasteiger partial charge in [0.1, 0.15) is 18.2 Å². The van der Waals surface area contributed by atoms with Crippen LogP contribution in [0.5, 0.6) is 5.75 Å². The second kappa shape index (κ2) is 11.7. The van der Waals surface area contributed by atoms with Crippen LogP contribution in [0.2, 0.25) is 0 Å². The minimum Gasteiger partial charge on any atom is -0.490 e. The average molecular weight is 524 g/mol. The highest BCUT2D eigenvalue weighted by molar-refractivity contribution is 5.67. The topological polar surface area (TPSA) is 93.8 Å². The van der Waals surface area contributed by atoms with E-state index in [0.717, 1.165) is 30.5 Å². The average Bonchev–Trinajstić information content (AvgIpc) is 3.34. The molecule has 2 saturated heterocycles. The zero-order valence-corrected chi connectivity index (χ0v) is 21.0. The van der Waals surface area contributed by atoms with Crippen molar-refractivity contribution >= 4 is 12.0 Å². The zero-order valence-electron chi connectivity index (χ0n) is 21.0. The number of ether oxygens (including phenoxy) is 2. The summed E-state index contributed by atoms with van der Waals surface area (Å²) in [6.07, 6.45) is 4.58. The smallest absolute Gasteiger partial charge is 0.410 e. The molecular formula is C28H31F2N5O3. The number of aromatic nitrogens is 2. The first-order valence-electron chi connectivity index (χ1n) is 12.8. The third-order valence-electron chi connectivity index (χ3n) is 7.18. The first-order valence-corrected chi connectivity index (χ1v) is 12.8. The van der Waals surface area contributed by atoms with E-state index in [4.69, 9.17) is 15.2 Å².